The fourth-order valence-electron chi connectivity index (χ4n) is 3.81. The predicted molar refractivity (Wildman–Crippen MR) is 96.1 cm³/mol. The van der Waals surface area contributed by atoms with Gasteiger partial charge < -0.3 is 0 Å². The van der Waals surface area contributed by atoms with Gasteiger partial charge in [-0.05, 0) is 55.4 Å². The molecule has 8 heteroatoms. The van der Waals surface area contributed by atoms with Crippen LogP contribution >= 0.6 is 0 Å². The molecule has 0 amide bonds. The lowest BCUT2D eigenvalue weighted by molar-refractivity contribution is 0.222. The normalized spacial score (nSPS) is 26.8. The van der Waals surface area contributed by atoms with Crippen LogP contribution in [0.2, 0.25) is 0 Å². The second kappa shape index (κ2) is 6.98. The third kappa shape index (κ3) is 3.77. The maximum atomic E-state index is 12.9. The first-order valence-corrected chi connectivity index (χ1v) is 11.7. The lowest BCUT2D eigenvalue weighted by atomic mass is 9.94. The fourth-order valence-corrected chi connectivity index (χ4v) is 7.01. The fraction of sp³-hybridized carbons (Fsp3) is 0.647. The van der Waals surface area contributed by atoms with E-state index in [-0.39, 0.29) is 9.79 Å². The predicted octanol–water partition coefficient (Wildman–Crippen LogP) is 2.14. The Morgan fingerprint density at radius 1 is 0.760 bits per heavy atom. The molecule has 0 bridgehead atoms. The highest BCUT2D eigenvalue weighted by Gasteiger charge is 2.32. The molecule has 0 N–H and O–H groups in total. The molecular formula is C17H26N2O4S2. The highest BCUT2D eigenvalue weighted by Crippen LogP contribution is 2.28. The molecule has 0 radical (unpaired) electrons. The highest BCUT2D eigenvalue weighted by atomic mass is 32.2. The SMILES string of the molecule is CC1CC(C)CN(S(=O)(=O)c2ccc(S(=O)(=O)N3CCCC3)cc2)C1. The molecule has 2 fully saturated rings. The Bertz CT molecular complexity index is 803. The Hall–Kier alpha value is -0.960. The van der Waals surface area contributed by atoms with Gasteiger partial charge in [0.05, 0.1) is 9.79 Å². The van der Waals surface area contributed by atoms with Crippen LogP contribution in [0, 0.1) is 11.8 Å². The summed E-state index contributed by atoms with van der Waals surface area (Å²) in [5.74, 6) is 0.654. The highest BCUT2D eigenvalue weighted by molar-refractivity contribution is 7.89. The van der Waals surface area contributed by atoms with Crippen molar-refractivity contribution >= 4 is 20.0 Å². The van der Waals surface area contributed by atoms with Gasteiger partial charge in [0.2, 0.25) is 20.0 Å². The number of rotatable bonds is 4. The number of benzene rings is 1. The minimum atomic E-state index is -3.58. The summed E-state index contributed by atoms with van der Waals surface area (Å²) >= 11 is 0. The van der Waals surface area contributed by atoms with Gasteiger partial charge in [-0.2, -0.15) is 8.61 Å². The molecule has 2 unspecified atom stereocenters. The zero-order valence-corrected chi connectivity index (χ0v) is 16.4. The summed E-state index contributed by atoms with van der Waals surface area (Å²) in [6, 6.07) is 5.67. The van der Waals surface area contributed by atoms with E-state index in [1.165, 1.54) is 32.9 Å². The van der Waals surface area contributed by atoms with Gasteiger partial charge >= 0.3 is 0 Å². The van der Waals surface area contributed by atoms with Crippen LogP contribution in [0.25, 0.3) is 0 Å². The van der Waals surface area contributed by atoms with Crippen LogP contribution < -0.4 is 0 Å². The van der Waals surface area contributed by atoms with Crippen LogP contribution in [0.1, 0.15) is 33.1 Å². The van der Waals surface area contributed by atoms with E-state index in [0.29, 0.717) is 38.0 Å². The number of hydrogen-bond acceptors (Lipinski definition) is 4. The molecule has 6 nitrogen and oxygen atoms in total. The first kappa shape index (κ1) is 18.8. The van der Waals surface area contributed by atoms with Crippen molar-refractivity contribution in [2.24, 2.45) is 11.8 Å². The maximum absolute atomic E-state index is 12.9. The van der Waals surface area contributed by atoms with Crippen molar-refractivity contribution in [3.8, 4) is 0 Å². The maximum Gasteiger partial charge on any atom is 0.243 e. The molecule has 2 heterocycles. The molecule has 3 rings (SSSR count). The quantitative estimate of drug-likeness (QED) is 0.794. The van der Waals surface area contributed by atoms with Crippen molar-refractivity contribution in [1.29, 1.82) is 0 Å². The molecule has 2 aliphatic heterocycles. The van der Waals surface area contributed by atoms with E-state index < -0.39 is 20.0 Å². The standard InChI is InChI=1S/C17H26N2O4S2/c1-14-11-15(2)13-19(12-14)25(22,23)17-7-5-16(6-8-17)24(20,21)18-9-3-4-10-18/h5-8,14-15H,3-4,9-13H2,1-2H3. The molecule has 2 saturated heterocycles. The van der Waals surface area contributed by atoms with Crippen molar-refractivity contribution in [3.05, 3.63) is 24.3 Å². The van der Waals surface area contributed by atoms with E-state index >= 15 is 0 Å². The Balaban J connectivity index is 1.84. The Morgan fingerprint density at radius 2 is 1.16 bits per heavy atom. The Kier molecular flexibility index (Phi) is 5.26. The molecule has 0 aromatic heterocycles. The van der Waals surface area contributed by atoms with Gasteiger partial charge in [-0.25, -0.2) is 16.8 Å². The van der Waals surface area contributed by atoms with Crippen molar-refractivity contribution < 1.29 is 16.8 Å². The van der Waals surface area contributed by atoms with Gasteiger partial charge in [0, 0.05) is 26.2 Å². The summed E-state index contributed by atoms with van der Waals surface area (Å²) < 4.78 is 53.8. The van der Waals surface area contributed by atoms with Crippen LogP contribution in [0.4, 0.5) is 0 Å². The zero-order valence-electron chi connectivity index (χ0n) is 14.8. The summed E-state index contributed by atoms with van der Waals surface area (Å²) in [4.78, 5) is 0.322. The second-order valence-electron chi connectivity index (χ2n) is 7.35. The molecule has 2 atom stereocenters. The van der Waals surface area contributed by atoms with Gasteiger partial charge in [0.1, 0.15) is 0 Å². The van der Waals surface area contributed by atoms with E-state index in [4.69, 9.17) is 0 Å². The average molecular weight is 387 g/mol. The zero-order chi connectivity index (χ0) is 18.2. The van der Waals surface area contributed by atoms with E-state index in [9.17, 15) is 16.8 Å². The van der Waals surface area contributed by atoms with Crippen molar-refractivity contribution in [1.82, 2.24) is 8.61 Å². The minimum Gasteiger partial charge on any atom is -0.207 e. The van der Waals surface area contributed by atoms with E-state index in [1.807, 2.05) is 0 Å². The van der Waals surface area contributed by atoms with Crippen molar-refractivity contribution in [2.45, 2.75) is 42.9 Å². The van der Waals surface area contributed by atoms with Gasteiger partial charge in [0.15, 0.2) is 0 Å². The van der Waals surface area contributed by atoms with Gasteiger partial charge in [0.25, 0.3) is 0 Å². The first-order chi connectivity index (χ1) is 11.7. The molecule has 2 aliphatic rings. The molecule has 0 spiro atoms. The number of hydrogen-bond donors (Lipinski definition) is 0. The van der Waals surface area contributed by atoms with Crippen molar-refractivity contribution in [2.75, 3.05) is 26.2 Å². The summed E-state index contributed by atoms with van der Waals surface area (Å²) in [5.41, 5.74) is 0. The molecular weight excluding hydrogens is 360 g/mol. The lowest BCUT2D eigenvalue weighted by Crippen LogP contribution is -2.42. The molecule has 0 saturated carbocycles. The van der Waals surface area contributed by atoms with E-state index in [2.05, 4.69) is 13.8 Å². The number of sulfonamides is 2. The molecule has 0 aliphatic carbocycles. The van der Waals surface area contributed by atoms with Crippen LogP contribution in [-0.2, 0) is 20.0 Å². The Labute approximate surface area is 150 Å². The third-order valence-electron chi connectivity index (χ3n) is 5.00. The monoisotopic (exact) mass is 386 g/mol. The molecule has 140 valence electrons. The number of piperidine rings is 1. The topological polar surface area (TPSA) is 74.8 Å². The average Bonchev–Trinajstić information content (AvgIpc) is 3.09. The molecule has 1 aromatic rings. The lowest BCUT2D eigenvalue weighted by Gasteiger charge is -2.34. The third-order valence-corrected chi connectivity index (χ3v) is 8.76. The molecule has 25 heavy (non-hydrogen) atoms. The largest absolute Gasteiger partial charge is 0.243 e. The van der Waals surface area contributed by atoms with Crippen LogP contribution in [-0.4, -0.2) is 51.6 Å². The van der Waals surface area contributed by atoms with Gasteiger partial charge in [-0.3, -0.25) is 0 Å². The molecule has 1 aromatic carbocycles. The minimum absolute atomic E-state index is 0.161. The van der Waals surface area contributed by atoms with Gasteiger partial charge in [-0.15, -0.1) is 0 Å². The van der Waals surface area contributed by atoms with E-state index in [0.717, 1.165) is 19.3 Å². The van der Waals surface area contributed by atoms with Crippen LogP contribution in [0.5, 0.6) is 0 Å². The first-order valence-electron chi connectivity index (χ1n) is 8.81. The van der Waals surface area contributed by atoms with Crippen LogP contribution in [0.15, 0.2) is 34.1 Å². The van der Waals surface area contributed by atoms with Crippen molar-refractivity contribution in [3.63, 3.8) is 0 Å². The Morgan fingerprint density at radius 3 is 1.60 bits per heavy atom. The number of nitrogens with zero attached hydrogens (tertiary/aromatic N) is 2. The second-order valence-corrected chi connectivity index (χ2v) is 11.2. The summed E-state index contributed by atoms with van der Waals surface area (Å²) in [5, 5.41) is 0. The van der Waals surface area contributed by atoms with Crippen LogP contribution in [0.3, 0.4) is 0 Å². The summed E-state index contributed by atoms with van der Waals surface area (Å²) in [6.45, 7) is 6.21. The summed E-state index contributed by atoms with van der Waals surface area (Å²) in [7, 11) is -7.10. The van der Waals surface area contributed by atoms with Gasteiger partial charge in [-0.1, -0.05) is 13.8 Å². The smallest absolute Gasteiger partial charge is 0.207 e. The summed E-state index contributed by atoms with van der Waals surface area (Å²) in [6.07, 6.45) is 2.77. The van der Waals surface area contributed by atoms with E-state index in [1.54, 1.807) is 0 Å².